The summed E-state index contributed by atoms with van der Waals surface area (Å²) in [5, 5.41) is 3.37. The molecule has 1 aliphatic rings. The van der Waals surface area contributed by atoms with Crippen molar-refractivity contribution < 1.29 is 0 Å². The first-order valence-electron chi connectivity index (χ1n) is 5.18. The minimum atomic E-state index is 0.496. The smallest absolute Gasteiger partial charge is 0.119 e. The van der Waals surface area contributed by atoms with Crippen molar-refractivity contribution in [1.29, 1.82) is 0 Å². The van der Waals surface area contributed by atoms with Gasteiger partial charge in [-0.15, -0.1) is 11.3 Å². The average Bonchev–Trinajstić information content (AvgIpc) is 2.52. The van der Waals surface area contributed by atoms with Crippen molar-refractivity contribution in [3.63, 3.8) is 0 Å². The van der Waals surface area contributed by atoms with Crippen molar-refractivity contribution in [1.82, 2.24) is 4.98 Å². The van der Waals surface area contributed by atoms with Crippen LogP contribution in [0.3, 0.4) is 0 Å². The first-order valence-corrected chi connectivity index (χ1v) is 6.06. The Kier molecular flexibility index (Phi) is 2.48. The van der Waals surface area contributed by atoms with Gasteiger partial charge in [0, 0.05) is 11.1 Å². The Hall–Kier alpha value is -0.630. The Labute approximate surface area is 89.9 Å². The molecule has 0 fully saturated rings. The summed E-state index contributed by atoms with van der Waals surface area (Å²) in [5.41, 5.74) is 3.11. The zero-order valence-corrected chi connectivity index (χ0v) is 9.95. The number of hydrogen-bond donors (Lipinski definition) is 0. The van der Waals surface area contributed by atoms with E-state index in [0.29, 0.717) is 5.41 Å². The highest BCUT2D eigenvalue weighted by Gasteiger charge is 2.22. The third-order valence-corrected chi connectivity index (χ3v) is 3.90. The van der Waals surface area contributed by atoms with Crippen LogP contribution in [0.5, 0.6) is 0 Å². The SMILES string of the molecule is Cc1csc(C2=CCC(C)(C)CC2)n1. The van der Waals surface area contributed by atoms with Crippen LogP contribution in [-0.4, -0.2) is 4.98 Å². The highest BCUT2D eigenvalue weighted by molar-refractivity contribution is 7.10. The maximum atomic E-state index is 4.53. The predicted molar refractivity (Wildman–Crippen MR) is 62.5 cm³/mol. The highest BCUT2D eigenvalue weighted by atomic mass is 32.1. The van der Waals surface area contributed by atoms with Gasteiger partial charge >= 0.3 is 0 Å². The molecule has 0 spiro atoms. The summed E-state index contributed by atoms with van der Waals surface area (Å²) in [6.07, 6.45) is 6.06. The summed E-state index contributed by atoms with van der Waals surface area (Å²) in [5.74, 6) is 0. The van der Waals surface area contributed by atoms with Gasteiger partial charge in [0.1, 0.15) is 5.01 Å². The lowest BCUT2D eigenvalue weighted by atomic mass is 9.78. The number of allylic oxidation sites excluding steroid dienone is 2. The van der Waals surface area contributed by atoms with Crippen LogP contribution in [0.1, 0.15) is 43.8 Å². The van der Waals surface area contributed by atoms with Gasteiger partial charge in [-0.1, -0.05) is 19.9 Å². The van der Waals surface area contributed by atoms with Gasteiger partial charge in [0.15, 0.2) is 0 Å². The van der Waals surface area contributed by atoms with E-state index in [2.05, 4.69) is 37.2 Å². The molecule has 1 aliphatic carbocycles. The van der Waals surface area contributed by atoms with Gasteiger partial charge in [-0.25, -0.2) is 4.98 Å². The summed E-state index contributed by atoms with van der Waals surface area (Å²) in [7, 11) is 0. The van der Waals surface area contributed by atoms with E-state index < -0.39 is 0 Å². The second kappa shape index (κ2) is 3.50. The van der Waals surface area contributed by atoms with E-state index in [1.807, 2.05) is 0 Å². The molecule has 1 aromatic rings. The summed E-state index contributed by atoms with van der Waals surface area (Å²) in [6.45, 7) is 6.74. The van der Waals surface area contributed by atoms with Crippen LogP contribution >= 0.6 is 11.3 Å². The molecule has 0 saturated heterocycles. The third kappa shape index (κ3) is 2.06. The lowest BCUT2D eigenvalue weighted by molar-refractivity contribution is 0.335. The fraction of sp³-hybridized carbons (Fsp3) is 0.583. The summed E-state index contributed by atoms with van der Waals surface area (Å²) in [6, 6.07) is 0. The van der Waals surface area contributed by atoms with Crippen molar-refractivity contribution in [2.75, 3.05) is 0 Å². The zero-order chi connectivity index (χ0) is 10.2. The van der Waals surface area contributed by atoms with Crippen LogP contribution in [-0.2, 0) is 0 Å². The monoisotopic (exact) mass is 207 g/mol. The van der Waals surface area contributed by atoms with E-state index in [4.69, 9.17) is 0 Å². The van der Waals surface area contributed by atoms with E-state index >= 15 is 0 Å². The van der Waals surface area contributed by atoms with Gasteiger partial charge < -0.3 is 0 Å². The number of rotatable bonds is 1. The lowest BCUT2D eigenvalue weighted by Gasteiger charge is -2.27. The molecule has 0 amide bonds. The number of hydrogen-bond acceptors (Lipinski definition) is 2. The summed E-state index contributed by atoms with van der Waals surface area (Å²) < 4.78 is 0. The number of aryl methyl sites for hydroxylation is 1. The second-order valence-corrected chi connectivity index (χ2v) is 5.75. The Bertz CT molecular complexity index is 360. The minimum absolute atomic E-state index is 0.496. The Morgan fingerprint density at radius 2 is 2.21 bits per heavy atom. The standard InChI is InChI=1S/C12H17NS/c1-9-8-14-11(13-9)10-4-6-12(2,3)7-5-10/h4,8H,5-7H2,1-3H3. The molecule has 0 aliphatic heterocycles. The molecule has 0 atom stereocenters. The first-order chi connectivity index (χ1) is 6.57. The van der Waals surface area contributed by atoms with Crippen LogP contribution in [0.4, 0.5) is 0 Å². The van der Waals surface area contributed by atoms with Gasteiger partial charge in [0.25, 0.3) is 0 Å². The molecule has 14 heavy (non-hydrogen) atoms. The van der Waals surface area contributed by atoms with Crippen LogP contribution < -0.4 is 0 Å². The molecule has 2 rings (SSSR count). The van der Waals surface area contributed by atoms with Gasteiger partial charge in [-0.3, -0.25) is 0 Å². The fourth-order valence-corrected chi connectivity index (χ4v) is 2.64. The largest absolute Gasteiger partial charge is 0.242 e. The molecule has 0 aromatic carbocycles. The molecule has 0 unspecified atom stereocenters. The van der Waals surface area contributed by atoms with Crippen molar-refractivity contribution in [2.24, 2.45) is 5.41 Å². The minimum Gasteiger partial charge on any atom is -0.242 e. The predicted octanol–water partition coefficient (Wildman–Crippen LogP) is 4.05. The molecule has 76 valence electrons. The molecule has 0 saturated carbocycles. The highest BCUT2D eigenvalue weighted by Crippen LogP contribution is 2.38. The topological polar surface area (TPSA) is 12.9 Å². The lowest BCUT2D eigenvalue weighted by Crippen LogP contribution is -2.13. The average molecular weight is 207 g/mol. The Balaban J connectivity index is 2.18. The Morgan fingerprint density at radius 3 is 2.71 bits per heavy atom. The molecular weight excluding hydrogens is 190 g/mol. The molecule has 2 heteroatoms. The van der Waals surface area contributed by atoms with E-state index in [0.717, 1.165) is 5.69 Å². The summed E-state index contributed by atoms with van der Waals surface area (Å²) in [4.78, 5) is 4.53. The van der Waals surface area contributed by atoms with Crippen molar-refractivity contribution in [3.05, 3.63) is 22.2 Å². The van der Waals surface area contributed by atoms with E-state index in [1.165, 1.54) is 29.8 Å². The van der Waals surface area contributed by atoms with E-state index in [1.54, 1.807) is 11.3 Å². The maximum Gasteiger partial charge on any atom is 0.119 e. The van der Waals surface area contributed by atoms with Gasteiger partial charge in [0.05, 0.1) is 0 Å². The summed E-state index contributed by atoms with van der Waals surface area (Å²) >= 11 is 1.78. The van der Waals surface area contributed by atoms with Crippen LogP contribution in [0.25, 0.3) is 5.57 Å². The van der Waals surface area contributed by atoms with E-state index in [9.17, 15) is 0 Å². The molecule has 0 N–H and O–H groups in total. The quantitative estimate of drug-likeness (QED) is 0.677. The first kappa shape index (κ1) is 9.91. The van der Waals surface area contributed by atoms with Crippen molar-refractivity contribution >= 4 is 16.9 Å². The van der Waals surface area contributed by atoms with Gasteiger partial charge in [0.2, 0.25) is 0 Å². The fourth-order valence-electron chi connectivity index (χ4n) is 1.77. The molecule has 0 radical (unpaired) electrons. The Morgan fingerprint density at radius 1 is 1.43 bits per heavy atom. The zero-order valence-electron chi connectivity index (χ0n) is 9.13. The van der Waals surface area contributed by atoms with E-state index in [-0.39, 0.29) is 0 Å². The van der Waals surface area contributed by atoms with Crippen LogP contribution in [0.2, 0.25) is 0 Å². The second-order valence-electron chi connectivity index (χ2n) is 4.89. The van der Waals surface area contributed by atoms with Gasteiger partial charge in [-0.2, -0.15) is 0 Å². The maximum absolute atomic E-state index is 4.53. The molecule has 1 heterocycles. The molecule has 1 aromatic heterocycles. The number of thiazole rings is 1. The molecule has 0 bridgehead atoms. The van der Waals surface area contributed by atoms with Crippen LogP contribution in [0.15, 0.2) is 11.5 Å². The molecule has 1 nitrogen and oxygen atoms in total. The number of aromatic nitrogens is 1. The van der Waals surface area contributed by atoms with Crippen molar-refractivity contribution in [2.45, 2.75) is 40.0 Å². The third-order valence-electron chi connectivity index (χ3n) is 2.87. The van der Waals surface area contributed by atoms with Gasteiger partial charge in [-0.05, 0) is 37.2 Å². The van der Waals surface area contributed by atoms with Crippen molar-refractivity contribution in [3.8, 4) is 0 Å². The van der Waals surface area contributed by atoms with Crippen LogP contribution in [0, 0.1) is 12.3 Å². The number of nitrogens with zero attached hydrogens (tertiary/aromatic N) is 1. The normalized spacial score (nSPS) is 20.6. The molecular formula is C12H17NS.